The van der Waals surface area contributed by atoms with Gasteiger partial charge < -0.3 is 26.0 Å². The number of nitrogens with zero attached hydrogens (tertiary/aromatic N) is 2. The van der Waals surface area contributed by atoms with E-state index in [1.807, 2.05) is 98.7 Å². The van der Waals surface area contributed by atoms with Gasteiger partial charge in [-0.25, -0.2) is 4.79 Å². The number of carboxylic acid groups (broad SMARTS) is 1. The molecule has 3 aromatic carbocycles. The van der Waals surface area contributed by atoms with Gasteiger partial charge >= 0.3 is 5.97 Å². The van der Waals surface area contributed by atoms with Gasteiger partial charge in [-0.3, -0.25) is 19.2 Å². The molecule has 4 N–H and O–H groups in total. The molecule has 0 bridgehead atoms. The van der Waals surface area contributed by atoms with Crippen LogP contribution < -0.4 is 11.1 Å². The van der Waals surface area contributed by atoms with E-state index in [1.165, 1.54) is 16.7 Å². The Hall–Kier alpha value is -5.09. The van der Waals surface area contributed by atoms with Crippen molar-refractivity contribution in [1.82, 2.24) is 15.1 Å². The van der Waals surface area contributed by atoms with E-state index in [0.29, 0.717) is 16.7 Å². The van der Waals surface area contributed by atoms with Gasteiger partial charge in [0.25, 0.3) is 0 Å². The number of nitrogens with one attached hydrogen (secondary N) is 1. The fraction of sp³-hybridized carbons (Fsp3) is 0.444. The van der Waals surface area contributed by atoms with Crippen molar-refractivity contribution in [2.75, 3.05) is 14.1 Å². The fourth-order valence-corrected chi connectivity index (χ4v) is 6.95. The van der Waals surface area contributed by atoms with Gasteiger partial charge in [0.2, 0.25) is 17.7 Å². The number of benzene rings is 3. The number of rotatable bonds is 15. The van der Waals surface area contributed by atoms with Gasteiger partial charge in [0.05, 0.1) is 12.1 Å². The maximum atomic E-state index is 14.9. The van der Waals surface area contributed by atoms with Gasteiger partial charge in [-0.15, -0.1) is 0 Å². The third kappa shape index (κ3) is 10.2. The van der Waals surface area contributed by atoms with Gasteiger partial charge in [-0.1, -0.05) is 153 Å². The molecule has 3 aromatic rings. The number of carboxylic acids is 1. The molecule has 55 heavy (non-hydrogen) atoms. The number of likely N-dealkylation sites (N-methyl/N-ethyl adjacent to an activating group) is 2. The summed E-state index contributed by atoms with van der Waals surface area (Å²) >= 11 is 0. The van der Waals surface area contributed by atoms with Crippen LogP contribution in [0.25, 0.3) is 0 Å². The van der Waals surface area contributed by atoms with Crippen LogP contribution in [0.5, 0.6) is 0 Å². The van der Waals surface area contributed by atoms with E-state index in [9.17, 15) is 29.1 Å². The van der Waals surface area contributed by atoms with E-state index in [2.05, 4.69) is 5.32 Å². The van der Waals surface area contributed by atoms with Crippen LogP contribution in [-0.2, 0) is 30.0 Å². The van der Waals surface area contributed by atoms with Gasteiger partial charge in [0.15, 0.2) is 5.78 Å². The van der Waals surface area contributed by atoms with Crippen LogP contribution in [0.3, 0.4) is 0 Å². The molecule has 0 aliphatic heterocycles. The first kappa shape index (κ1) is 44.3. The monoisotopic (exact) mass is 752 g/mol. The molecular formula is C45H60N4O6. The lowest BCUT2D eigenvalue weighted by molar-refractivity contribution is -0.146. The van der Waals surface area contributed by atoms with Crippen molar-refractivity contribution in [1.29, 1.82) is 0 Å². The highest BCUT2D eigenvalue weighted by Gasteiger charge is 2.47. The molecular weight excluding hydrogens is 693 g/mol. The molecule has 0 saturated carbocycles. The first-order valence-corrected chi connectivity index (χ1v) is 18.7. The topological polar surface area (TPSA) is 150 Å². The second-order valence-corrected chi connectivity index (χ2v) is 17.1. The van der Waals surface area contributed by atoms with E-state index < -0.39 is 64.1 Å². The van der Waals surface area contributed by atoms with Gasteiger partial charge in [-0.2, -0.15) is 0 Å². The highest BCUT2D eigenvalue weighted by Crippen LogP contribution is 2.34. The summed E-state index contributed by atoms with van der Waals surface area (Å²) in [6, 6.07) is 21.5. The second kappa shape index (κ2) is 17.6. The predicted octanol–water partition coefficient (Wildman–Crippen LogP) is 6.37. The van der Waals surface area contributed by atoms with Crippen molar-refractivity contribution in [3.8, 4) is 0 Å². The summed E-state index contributed by atoms with van der Waals surface area (Å²) < 4.78 is 0. The average molecular weight is 753 g/mol. The highest BCUT2D eigenvalue weighted by atomic mass is 16.4. The summed E-state index contributed by atoms with van der Waals surface area (Å²) in [5.74, 6) is -2.83. The number of aliphatic carboxylic acids is 1. The molecule has 0 aliphatic rings. The summed E-state index contributed by atoms with van der Waals surface area (Å²) in [5.41, 5.74) is 6.74. The van der Waals surface area contributed by atoms with E-state index in [4.69, 9.17) is 5.73 Å². The lowest BCUT2D eigenvalue weighted by atomic mass is 9.74. The third-order valence-electron chi connectivity index (χ3n) is 10.8. The standard InChI is InChI=1S/C45H60N4O6/c1-28(2)34(27-29(3)42(54)55)48(11)41(53)37(43(4,5)6)47-39(51)38(49(12)40(52)36(46)44(7,8)32-21-17-14-18-22-32)45(9,10)33-25-23-31(24-26-33)35(50)30-19-15-13-16-20-30/h13-28,34,36-38H,46H2,1-12H3,(H,47,51)(H,54,55)/b29-27+/t34-,36-,37-,38+/m1/s1. The van der Waals surface area contributed by atoms with Gasteiger partial charge in [0, 0.05) is 41.6 Å². The lowest BCUT2D eigenvalue weighted by Crippen LogP contribution is -2.65. The number of carbonyl (C=O) groups excluding carboxylic acids is 4. The maximum Gasteiger partial charge on any atom is 0.331 e. The summed E-state index contributed by atoms with van der Waals surface area (Å²) in [7, 11) is 3.15. The van der Waals surface area contributed by atoms with Crippen molar-refractivity contribution in [2.24, 2.45) is 17.1 Å². The Balaban J connectivity index is 2.12. The molecule has 296 valence electrons. The van der Waals surface area contributed by atoms with Crippen molar-refractivity contribution in [3.05, 3.63) is 119 Å². The normalized spacial score (nSPS) is 14.7. The van der Waals surface area contributed by atoms with E-state index in [-0.39, 0.29) is 17.3 Å². The van der Waals surface area contributed by atoms with Crippen LogP contribution in [-0.4, -0.2) is 82.6 Å². The number of hydrogen-bond donors (Lipinski definition) is 3. The van der Waals surface area contributed by atoms with Crippen LogP contribution in [0.15, 0.2) is 96.6 Å². The van der Waals surface area contributed by atoms with Crippen molar-refractivity contribution in [3.63, 3.8) is 0 Å². The number of ketones is 1. The molecule has 10 heteroatoms. The Morgan fingerprint density at radius 1 is 0.691 bits per heavy atom. The summed E-state index contributed by atoms with van der Waals surface area (Å²) in [4.78, 5) is 71.6. The zero-order chi connectivity index (χ0) is 41.6. The molecule has 0 unspecified atom stereocenters. The minimum atomic E-state index is -1.17. The number of carbonyl (C=O) groups is 5. The largest absolute Gasteiger partial charge is 0.478 e. The van der Waals surface area contributed by atoms with Crippen LogP contribution in [0.2, 0.25) is 0 Å². The fourth-order valence-electron chi connectivity index (χ4n) is 6.95. The first-order valence-electron chi connectivity index (χ1n) is 18.7. The minimum Gasteiger partial charge on any atom is -0.478 e. The number of hydrogen-bond acceptors (Lipinski definition) is 6. The number of nitrogens with two attached hydrogens (primary N) is 1. The van der Waals surface area contributed by atoms with Crippen LogP contribution in [0, 0.1) is 11.3 Å². The Kier molecular flexibility index (Phi) is 14.2. The Labute approximate surface area is 327 Å². The summed E-state index contributed by atoms with van der Waals surface area (Å²) in [5, 5.41) is 12.6. The Morgan fingerprint density at radius 3 is 1.64 bits per heavy atom. The Morgan fingerprint density at radius 2 is 1.16 bits per heavy atom. The highest BCUT2D eigenvalue weighted by molar-refractivity contribution is 6.09. The predicted molar refractivity (Wildman–Crippen MR) is 218 cm³/mol. The van der Waals surface area contributed by atoms with Crippen LogP contribution in [0.1, 0.15) is 96.3 Å². The first-order chi connectivity index (χ1) is 25.4. The van der Waals surface area contributed by atoms with E-state index in [1.54, 1.807) is 68.7 Å². The van der Waals surface area contributed by atoms with Crippen molar-refractivity contribution in [2.45, 2.75) is 104 Å². The quantitative estimate of drug-likeness (QED) is 0.121. The Bertz CT molecular complexity index is 1860. The molecule has 3 rings (SSSR count). The number of amides is 3. The maximum absolute atomic E-state index is 14.9. The molecule has 0 spiro atoms. The summed E-state index contributed by atoms with van der Waals surface area (Å²) in [6.45, 7) is 18.2. The van der Waals surface area contributed by atoms with Gasteiger partial charge in [0.1, 0.15) is 12.1 Å². The second-order valence-electron chi connectivity index (χ2n) is 17.1. The van der Waals surface area contributed by atoms with E-state index >= 15 is 0 Å². The average Bonchev–Trinajstić information content (AvgIpc) is 3.14. The molecule has 0 aromatic heterocycles. The zero-order valence-electron chi connectivity index (χ0n) is 34.5. The van der Waals surface area contributed by atoms with Gasteiger partial charge in [-0.05, 0) is 29.4 Å². The molecule has 0 aliphatic carbocycles. The molecule has 0 heterocycles. The van der Waals surface area contributed by atoms with Crippen LogP contribution >= 0.6 is 0 Å². The molecule has 3 amide bonds. The minimum absolute atomic E-state index is 0.0999. The van der Waals surface area contributed by atoms with Crippen LogP contribution in [0.4, 0.5) is 0 Å². The zero-order valence-corrected chi connectivity index (χ0v) is 34.5. The third-order valence-corrected chi connectivity index (χ3v) is 10.8. The summed E-state index contributed by atoms with van der Waals surface area (Å²) in [6.07, 6.45) is 1.55. The molecule has 0 fully saturated rings. The van der Waals surface area contributed by atoms with E-state index in [0.717, 1.165) is 5.56 Å². The molecule has 0 saturated heterocycles. The lowest BCUT2D eigenvalue weighted by Gasteiger charge is -2.44. The van der Waals surface area contributed by atoms with Crippen molar-refractivity contribution >= 4 is 29.5 Å². The SMILES string of the molecule is C/C(=C\[C@H](C(C)C)N(C)C(=O)[C@@H](NC(=O)[C@H](N(C)C(=O)[C@@H](N)C(C)(C)c1ccccc1)C(C)(C)c1ccc(C(=O)c2ccccc2)cc1)C(C)(C)C)C(=O)O. The molecule has 10 nitrogen and oxygen atoms in total. The van der Waals surface area contributed by atoms with Crippen molar-refractivity contribution < 1.29 is 29.1 Å². The molecule has 0 radical (unpaired) electrons. The molecule has 4 atom stereocenters. The smallest absolute Gasteiger partial charge is 0.331 e.